The third-order valence-electron chi connectivity index (χ3n) is 2.20. The van der Waals surface area contributed by atoms with E-state index in [9.17, 15) is 13.2 Å². The summed E-state index contributed by atoms with van der Waals surface area (Å²) in [5.41, 5.74) is 0. The molecule has 0 unspecified atom stereocenters. The molecule has 0 heterocycles. The molecule has 1 aromatic carbocycles. The van der Waals surface area contributed by atoms with Crippen molar-refractivity contribution in [3.8, 4) is 0 Å². The van der Waals surface area contributed by atoms with E-state index in [0.29, 0.717) is 6.54 Å². The van der Waals surface area contributed by atoms with Crippen molar-refractivity contribution in [1.82, 2.24) is 10.0 Å². The van der Waals surface area contributed by atoms with Crippen molar-refractivity contribution in [3.63, 3.8) is 0 Å². The predicted octanol–water partition coefficient (Wildman–Crippen LogP) is 0.656. The van der Waals surface area contributed by atoms with E-state index in [4.69, 9.17) is 0 Å². The molecule has 1 amide bonds. The number of amides is 1. The van der Waals surface area contributed by atoms with Gasteiger partial charge >= 0.3 is 0 Å². The zero-order valence-electron chi connectivity index (χ0n) is 10.1. The van der Waals surface area contributed by atoms with Crippen LogP contribution < -0.4 is 10.0 Å². The van der Waals surface area contributed by atoms with Crippen LogP contribution in [0.1, 0.15) is 6.92 Å². The Morgan fingerprint density at radius 1 is 1.39 bits per heavy atom. The highest BCUT2D eigenvalue weighted by atomic mass is 32.2. The van der Waals surface area contributed by atoms with Crippen LogP contribution in [0.3, 0.4) is 0 Å². The van der Waals surface area contributed by atoms with Gasteiger partial charge in [-0.1, -0.05) is 24.3 Å². The summed E-state index contributed by atoms with van der Waals surface area (Å²) in [5, 5.41) is 2.52. The second-order valence-electron chi connectivity index (χ2n) is 3.69. The second-order valence-corrected chi connectivity index (χ2v) is 5.40. The maximum atomic E-state index is 11.9. The lowest BCUT2D eigenvalue weighted by molar-refractivity contribution is -0.122. The fourth-order valence-corrected chi connectivity index (χ4v) is 2.50. The lowest BCUT2D eigenvalue weighted by Gasteiger charge is -2.13. The van der Waals surface area contributed by atoms with Gasteiger partial charge in [0.2, 0.25) is 15.9 Å². The zero-order chi connectivity index (χ0) is 13.6. The van der Waals surface area contributed by atoms with Gasteiger partial charge in [0.15, 0.2) is 0 Å². The van der Waals surface area contributed by atoms with E-state index in [2.05, 4.69) is 16.6 Å². The van der Waals surface area contributed by atoms with Gasteiger partial charge in [0.05, 0.1) is 10.9 Å². The second kappa shape index (κ2) is 6.32. The molecule has 0 aliphatic heterocycles. The summed E-state index contributed by atoms with van der Waals surface area (Å²) in [6, 6.07) is 7.07. The highest BCUT2D eigenvalue weighted by Crippen LogP contribution is 2.07. The number of hydrogen-bond acceptors (Lipinski definition) is 3. The largest absolute Gasteiger partial charge is 0.351 e. The van der Waals surface area contributed by atoms with Crippen LogP contribution in [-0.4, -0.2) is 26.9 Å². The summed E-state index contributed by atoms with van der Waals surface area (Å²) in [5.74, 6) is -0.394. The summed E-state index contributed by atoms with van der Waals surface area (Å²) in [4.78, 5) is 11.7. The molecule has 0 aliphatic carbocycles. The molecule has 0 saturated carbocycles. The quantitative estimate of drug-likeness (QED) is 0.744. The van der Waals surface area contributed by atoms with Crippen LogP contribution in [0.2, 0.25) is 0 Å². The Hall–Kier alpha value is -1.66. The van der Waals surface area contributed by atoms with Gasteiger partial charge in [-0.15, -0.1) is 6.58 Å². The maximum absolute atomic E-state index is 11.9. The maximum Gasteiger partial charge on any atom is 0.241 e. The fraction of sp³-hybridized carbons (Fsp3) is 0.250. The van der Waals surface area contributed by atoms with Gasteiger partial charge in [-0.05, 0) is 19.1 Å². The smallest absolute Gasteiger partial charge is 0.241 e. The topological polar surface area (TPSA) is 75.3 Å². The van der Waals surface area contributed by atoms with Crippen LogP contribution in [0.15, 0.2) is 47.9 Å². The Bertz CT molecular complexity index is 511. The predicted molar refractivity (Wildman–Crippen MR) is 69.4 cm³/mol. The minimum Gasteiger partial charge on any atom is -0.351 e. The Morgan fingerprint density at radius 2 is 2.00 bits per heavy atom. The van der Waals surface area contributed by atoms with Gasteiger partial charge < -0.3 is 5.32 Å². The van der Waals surface area contributed by atoms with E-state index in [0.717, 1.165) is 0 Å². The van der Waals surface area contributed by atoms with Gasteiger partial charge in [0, 0.05) is 6.54 Å². The lowest BCUT2D eigenvalue weighted by atomic mass is 10.3. The average molecular weight is 268 g/mol. The molecule has 2 N–H and O–H groups in total. The monoisotopic (exact) mass is 268 g/mol. The zero-order valence-corrected chi connectivity index (χ0v) is 10.9. The van der Waals surface area contributed by atoms with Crippen LogP contribution >= 0.6 is 0 Å². The first-order chi connectivity index (χ1) is 8.47. The molecule has 1 aromatic rings. The third kappa shape index (κ3) is 3.97. The summed E-state index contributed by atoms with van der Waals surface area (Å²) in [6.07, 6.45) is 1.52. The molecule has 98 valence electrons. The van der Waals surface area contributed by atoms with Crippen molar-refractivity contribution >= 4 is 15.9 Å². The van der Waals surface area contributed by atoms with Crippen LogP contribution in [0, 0.1) is 0 Å². The first-order valence-electron chi connectivity index (χ1n) is 5.43. The van der Waals surface area contributed by atoms with Gasteiger partial charge in [0.1, 0.15) is 0 Å². The van der Waals surface area contributed by atoms with Crippen molar-refractivity contribution < 1.29 is 13.2 Å². The van der Waals surface area contributed by atoms with Gasteiger partial charge in [-0.25, -0.2) is 8.42 Å². The molecule has 0 spiro atoms. The highest BCUT2D eigenvalue weighted by Gasteiger charge is 2.21. The summed E-state index contributed by atoms with van der Waals surface area (Å²) in [7, 11) is -3.67. The van der Waals surface area contributed by atoms with Crippen molar-refractivity contribution in [1.29, 1.82) is 0 Å². The first-order valence-corrected chi connectivity index (χ1v) is 6.91. The van der Waals surface area contributed by atoms with Crippen molar-refractivity contribution in [3.05, 3.63) is 43.0 Å². The average Bonchev–Trinajstić information content (AvgIpc) is 2.36. The minimum atomic E-state index is -3.67. The molecule has 0 fully saturated rings. The molecular weight excluding hydrogens is 252 g/mol. The molecule has 1 rings (SSSR count). The SMILES string of the molecule is C=CCNC(=O)[C@H](C)NS(=O)(=O)c1ccccc1. The van der Waals surface area contributed by atoms with Gasteiger partial charge in [-0.2, -0.15) is 4.72 Å². The molecule has 18 heavy (non-hydrogen) atoms. The minimum absolute atomic E-state index is 0.133. The summed E-state index contributed by atoms with van der Waals surface area (Å²) >= 11 is 0. The Labute approximate surface area is 107 Å². The fourth-order valence-electron chi connectivity index (χ4n) is 1.28. The summed E-state index contributed by atoms with van der Waals surface area (Å²) < 4.78 is 26.1. The van der Waals surface area contributed by atoms with Crippen LogP contribution in [0.5, 0.6) is 0 Å². The molecule has 0 radical (unpaired) electrons. The number of rotatable bonds is 6. The Kier molecular flexibility index (Phi) is 5.06. The van der Waals surface area contributed by atoms with E-state index >= 15 is 0 Å². The van der Waals surface area contributed by atoms with Crippen molar-refractivity contribution in [2.75, 3.05) is 6.54 Å². The Balaban J connectivity index is 2.72. The Morgan fingerprint density at radius 3 is 2.56 bits per heavy atom. The molecular formula is C12H16N2O3S. The van der Waals surface area contributed by atoms with E-state index in [-0.39, 0.29) is 4.90 Å². The lowest BCUT2D eigenvalue weighted by Crippen LogP contribution is -2.44. The number of sulfonamides is 1. The number of carbonyl (C=O) groups is 1. The standard InChI is InChI=1S/C12H16N2O3S/c1-3-9-13-12(15)10(2)14-18(16,17)11-7-5-4-6-8-11/h3-8,10,14H,1,9H2,2H3,(H,13,15)/t10-/m0/s1. The molecule has 6 heteroatoms. The highest BCUT2D eigenvalue weighted by molar-refractivity contribution is 7.89. The molecule has 0 aliphatic rings. The number of nitrogens with one attached hydrogen (secondary N) is 2. The van der Waals surface area contributed by atoms with Gasteiger partial charge in [-0.3, -0.25) is 4.79 Å². The molecule has 0 aromatic heterocycles. The van der Waals surface area contributed by atoms with E-state index in [1.165, 1.54) is 25.1 Å². The van der Waals surface area contributed by atoms with Crippen molar-refractivity contribution in [2.45, 2.75) is 17.9 Å². The number of hydrogen-bond donors (Lipinski definition) is 2. The molecule has 0 bridgehead atoms. The van der Waals surface area contributed by atoms with Gasteiger partial charge in [0.25, 0.3) is 0 Å². The van der Waals surface area contributed by atoms with E-state index in [1.807, 2.05) is 0 Å². The number of benzene rings is 1. The number of carbonyl (C=O) groups excluding carboxylic acids is 1. The molecule has 0 saturated heterocycles. The molecule has 5 nitrogen and oxygen atoms in total. The van der Waals surface area contributed by atoms with E-state index in [1.54, 1.807) is 18.2 Å². The van der Waals surface area contributed by atoms with Crippen LogP contribution in [-0.2, 0) is 14.8 Å². The molecule has 1 atom stereocenters. The van der Waals surface area contributed by atoms with Crippen LogP contribution in [0.25, 0.3) is 0 Å². The first kappa shape index (κ1) is 14.4. The van der Waals surface area contributed by atoms with E-state index < -0.39 is 22.0 Å². The third-order valence-corrected chi connectivity index (χ3v) is 3.76. The summed E-state index contributed by atoms with van der Waals surface area (Å²) in [6.45, 7) is 5.25. The normalized spacial score (nSPS) is 12.7. The van der Waals surface area contributed by atoms with Crippen LogP contribution in [0.4, 0.5) is 0 Å². The van der Waals surface area contributed by atoms with Crippen molar-refractivity contribution in [2.24, 2.45) is 0 Å².